The first kappa shape index (κ1) is 9.66. The van der Waals surface area contributed by atoms with E-state index in [-0.39, 0.29) is 18.3 Å². The van der Waals surface area contributed by atoms with Crippen molar-refractivity contribution in [2.45, 2.75) is 17.4 Å². The van der Waals surface area contributed by atoms with Crippen LogP contribution in [0.15, 0.2) is 0 Å². The highest BCUT2D eigenvalue weighted by molar-refractivity contribution is 9.10. The first-order valence-corrected chi connectivity index (χ1v) is 3.54. The van der Waals surface area contributed by atoms with Gasteiger partial charge >= 0.3 is 0 Å². The summed E-state index contributed by atoms with van der Waals surface area (Å²) < 4.78 is 11.5. The van der Waals surface area contributed by atoms with E-state index in [9.17, 15) is 4.39 Å². The quantitative estimate of drug-likeness (QED) is 0.703. The minimum absolute atomic E-state index is 0. The number of hydrogen-bond acceptors (Lipinski definition) is 1. The Kier molecular flexibility index (Phi) is 3.40. The molecule has 2 atom stereocenters. The van der Waals surface area contributed by atoms with E-state index in [0.29, 0.717) is 13.0 Å². The summed E-state index contributed by atoms with van der Waals surface area (Å²) in [5.41, 5.74) is 5.20. The van der Waals surface area contributed by atoms with Crippen molar-refractivity contribution in [2.24, 2.45) is 11.7 Å². The van der Waals surface area contributed by atoms with E-state index >= 15 is 0 Å². The molecule has 0 bridgehead atoms. The van der Waals surface area contributed by atoms with Crippen LogP contribution < -0.4 is 5.73 Å². The highest BCUT2D eigenvalue weighted by atomic mass is 79.9. The van der Waals surface area contributed by atoms with Gasteiger partial charge in [0.1, 0.15) is 0 Å². The second-order valence-corrected chi connectivity index (χ2v) is 3.56. The Morgan fingerprint density at radius 1 is 1.78 bits per heavy atom. The molecule has 1 aliphatic rings. The van der Waals surface area contributed by atoms with Crippen LogP contribution in [0.1, 0.15) is 12.8 Å². The van der Waals surface area contributed by atoms with E-state index in [1.165, 1.54) is 0 Å². The SMILES string of the molecule is Cl.NCCC1CC1(F)Br. The van der Waals surface area contributed by atoms with Crippen molar-refractivity contribution in [1.29, 1.82) is 0 Å². The third-order valence-electron chi connectivity index (χ3n) is 1.47. The Morgan fingerprint density at radius 2 is 2.22 bits per heavy atom. The molecule has 0 aromatic carbocycles. The van der Waals surface area contributed by atoms with Crippen molar-refractivity contribution < 1.29 is 4.39 Å². The van der Waals surface area contributed by atoms with Gasteiger partial charge in [-0.2, -0.15) is 0 Å². The summed E-state index contributed by atoms with van der Waals surface area (Å²) in [5.74, 6) is 0.187. The predicted molar refractivity (Wildman–Crippen MR) is 41.8 cm³/mol. The summed E-state index contributed by atoms with van der Waals surface area (Å²) in [6, 6.07) is 0. The molecule has 0 spiro atoms. The first-order chi connectivity index (χ1) is 3.67. The van der Waals surface area contributed by atoms with Gasteiger partial charge in [0.05, 0.1) is 0 Å². The minimum Gasteiger partial charge on any atom is -0.330 e. The second kappa shape index (κ2) is 3.17. The zero-order chi connectivity index (χ0) is 6.20. The summed E-state index contributed by atoms with van der Waals surface area (Å²) in [5, 5.41) is 0. The van der Waals surface area contributed by atoms with Gasteiger partial charge in [-0.25, -0.2) is 4.39 Å². The molecule has 1 fully saturated rings. The lowest BCUT2D eigenvalue weighted by atomic mass is 10.3. The predicted octanol–water partition coefficient (Wildman–Crippen LogP) is 1.84. The fourth-order valence-electron chi connectivity index (χ4n) is 0.784. The van der Waals surface area contributed by atoms with Crippen molar-refractivity contribution in [3.63, 3.8) is 0 Å². The van der Waals surface area contributed by atoms with Crippen molar-refractivity contribution in [3.05, 3.63) is 0 Å². The highest BCUT2D eigenvalue weighted by Crippen LogP contribution is 2.53. The van der Waals surface area contributed by atoms with E-state index in [2.05, 4.69) is 15.9 Å². The van der Waals surface area contributed by atoms with Gasteiger partial charge in [0.2, 0.25) is 0 Å². The monoisotopic (exact) mass is 217 g/mol. The summed E-state index contributed by atoms with van der Waals surface area (Å²) in [6.45, 7) is 0.599. The molecule has 1 nitrogen and oxygen atoms in total. The van der Waals surface area contributed by atoms with Crippen molar-refractivity contribution in [1.82, 2.24) is 0 Å². The molecule has 0 amide bonds. The molecular formula is C5H10BrClFN. The average Bonchev–Trinajstić information content (AvgIpc) is 2.15. The molecule has 1 saturated carbocycles. The zero-order valence-corrected chi connectivity index (χ0v) is 7.34. The normalized spacial score (nSPS) is 39.7. The fraction of sp³-hybridized carbons (Fsp3) is 1.00. The number of halogens is 3. The van der Waals surface area contributed by atoms with Gasteiger partial charge in [-0.05, 0) is 35.3 Å². The molecule has 0 aromatic rings. The van der Waals surface area contributed by atoms with Crippen LogP contribution in [0.25, 0.3) is 0 Å². The van der Waals surface area contributed by atoms with Crippen molar-refractivity contribution >= 4 is 28.3 Å². The van der Waals surface area contributed by atoms with Crippen LogP contribution in [0.3, 0.4) is 0 Å². The van der Waals surface area contributed by atoms with Gasteiger partial charge in [-0.1, -0.05) is 0 Å². The molecule has 56 valence electrons. The molecule has 0 heterocycles. The van der Waals surface area contributed by atoms with Crippen LogP contribution >= 0.6 is 28.3 Å². The lowest BCUT2D eigenvalue weighted by molar-refractivity contribution is 0.408. The molecule has 0 aromatic heterocycles. The largest absolute Gasteiger partial charge is 0.330 e. The molecule has 0 saturated heterocycles. The molecular weight excluding hydrogens is 208 g/mol. The fourth-order valence-corrected chi connectivity index (χ4v) is 1.40. The van der Waals surface area contributed by atoms with Crippen molar-refractivity contribution in [2.75, 3.05) is 6.54 Å². The number of rotatable bonds is 2. The molecule has 0 radical (unpaired) electrons. The van der Waals surface area contributed by atoms with Crippen LogP contribution in [-0.2, 0) is 0 Å². The van der Waals surface area contributed by atoms with Crippen LogP contribution in [0, 0.1) is 5.92 Å². The maximum absolute atomic E-state index is 12.5. The lowest BCUT2D eigenvalue weighted by Crippen LogP contribution is -2.02. The van der Waals surface area contributed by atoms with Gasteiger partial charge in [-0.15, -0.1) is 12.4 Å². The Balaban J connectivity index is 0.000000640. The maximum Gasteiger partial charge on any atom is 0.168 e. The Bertz CT molecular complexity index is 99.0. The summed E-state index contributed by atoms with van der Waals surface area (Å²) in [7, 11) is 0. The first-order valence-electron chi connectivity index (χ1n) is 2.74. The summed E-state index contributed by atoms with van der Waals surface area (Å²) in [4.78, 5) is 0. The van der Waals surface area contributed by atoms with Gasteiger partial charge in [-0.3, -0.25) is 0 Å². The van der Waals surface area contributed by atoms with E-state index < -0.39 is 4.58 Å². The van der Waals surface area contributed by atoms with Gasteiger partial charge < -0.3 is 5.73 Å². The highest BCUT2D eigenvalue weighted by Gasteiger charge is 2.52. The Hall–Kier alpha value is 0.660. The van der Waals surface area contributed by atoms with Crippen LogP contribution in [0.4, 0.5) is 4.39 Å². The molecule has 4 heteroatoms. The molecule has 2 unspecified atom stereocenters. The Labute approximate surface area is 68.7 Å². The van der Waals surface area contributed by atoms with Gasteiger partial charge in [0, 0.05) is 5.92 Å². The van der Waals surface area contributed by atoms with E-state index in [1.54, 1.807) is 0 Å². The Morgan fingerprint density at radius 3 is 2.33 bits per heavy atom. The summed E-state index contributed by atoms with van der Waals surface area (Å²) in [6.07, 6.45) is 1.45. The summed E-state index contributed by atoms with van der Waals surface area (Å²) >= 11 is 2.93. The standard InChI is InChI=1S/C5H9BrFN.ClH/c6-5(7)3-4(5)1-2-8;/h4H,1-3,8H2;1H. The molecule has 1 aliphatic carbocycles. The van der Waals surface area contributed by atoms with Crippen molar-refractivity contribution in [3.8, 4) is 0 Å². The van der Waals surface area contributed by atoms with Crippen LogP contribution in [0.2, 0.25) is 0 Å². The van der Waals surface area contributed by atoms with Crippen LogP contribution in [0.5, 0.6) is 0 Å². The average molecular weight is 218 g/mol. The number of hydrogen-bond donors (Lipinski definition) is 1. The molecule has 9 heavy (non-hydrogen) atoms. The van der Waals surface area contributed by atoms with Gasteiger partial charge in [0.15, 0.2) is 4.58 Å². The zero-order valence-electron chi connectivity index (χ0n) is 4.94. The van der Waals surface area contributed by atoms with E-state index in [4.69, 9.17) is 5.73 Å². The lowest BCUT2D eigenvalue weighted by Gasteiger charge is -1.92. The smallest absolute Gasteiger partial charge is 0.168 e. The molecule has 1 rings (SSSR count). The number of nitrogens with two attached hydrogens (primary N) is 1. The van der Waals surface area contributed by atoms with Gasteiger partial charge in [0.25, 0.3) is 0 Å². The van der Waals surface area contributed by atoms with Crippen LogP contribution in [-0.4, -0.2) is 11.1 Å². The van der Waals surface area contributed by atoms with E-state index in [1.807, 2.05) is 0 Å². The topological polar surface area (TPSA) is 26.0 Å². The third-order valence-corrected chi connectivity index (χ3v) is 2.44. The second-order valence-electron chi connectivity index (χ2n) is 2.24. The van der Waals surface area contributed by atoms with E-state index in [0.717, 1.165) is 6.42 Å². The number of alkyl halides is 2. The molecule has 0 aliphatic heterocycles. The minimum atomic E-state index is -1.05. The maximum atomic E-state index is 12.5. The molecule has 2 N–H and O–H groups in total. The third kappa shape index (κ3) is 2.40.